The van der Waals surface area contributed by atoms with Gasteiger partial charge in [0.25, 0.3) is 0 Å². The molecule has 4 rings (SSSR count). The molecule has 4 atom stereocenters. The number of aromatic hydroxyl groups is 1. The van der Waals surface area contributed by atoms with Gasteiger partial charge in [-0.1, -0.05) is 0 Å². The van der Waals surface area contributed by atoms with E-state index in [9.17, 15) is 20.1 Å². The van der Waals surface area contributed by atoms with Gasteiger partial charge in [-0.15, -0.1) is 0 Å². The molecule has 7 nitrogen and oxygen atoms in total. The van der Waals surface area contributed by atoms with Crippen molar-refractivity contribution in [2.45, 2.75) is 23.8 Å². The monoisotopic (exact) mass is 278 g/mol. The summed E-state index contributed by atoms with van der Waals surface area (Å²) in [4.78, 5) is 16.5. The Hall–Kier alpha value is -1.67. The average Bonchev–Trinajstić information content (AvgIpc) is 3.20. The highest BCUT2D eigenvalue weighted by molar-refractivity contribution is 5.80. The molecule has 4 unspecified atom stereocenters. The number of anilines is 1. The van der Waals surface area contributed by atoms with Gasteiger partial charge in [-0.05, 0) is 12.1 Å². The first kappa shape index (κ1) is 12.1. The van der Waals surface area contributed by atoms with Crippen LogP contribution in [0.2, 0.25) is 0 Å². The number of fused-ring (bicyclic) bond motifs is 6. The summed E-state index contributed by atoms with van der Waals surface area (Å²) in [5.74, 6) is -2.46. The fraction of sp³-hybridized carbons (Fsp3) is 0.462. The molecule has 2 fully saturated rings. The van der Waals surface area contributed by atoms with Gasteiger partial charge in [0, 0.05) is 17.2 Å². The maximum Gasteiger partial charge on any atom is 0.218 e. The van der Waals surface area contributed by atoms with Crippen LogP contribution in [-0.2, 0) is 4.84 Å². The molecule has 0 radical (unpaired) electrons. The van der Waals surface area contributed by atoms with E-state index in [0.29, 0.717) is 29.6 Å². The molecule has 7 heteroatoms. The molecule has 4 N–H and O–H groups in total. The Morgan fingerprint density at radius 2 is 2.35 bits per heavy atom. The zero-order valence-electron chi connectivity index (χ0n) is 10.5. The van der Waals surface area contributed by atoms with Crippen LogP contribution < -0.4 is 10.4 Å². The van der Waals surface area contributed by atoms with E-state index in [0.717, 1.165) is 0 Å². The maximum atomic E-state index is 10.9. The van der Waals surface area contributed by atoms with Gasteiger partial charge in [-0.2, -0.15) is 0 Å². The second kappa shape index (κ2) is 3.70. The standard InChI is InChI=1S/C13H14N2O5/c16-4-6-1-9-11(10(18)2-6)7(5-17)13(19)12-8(14-12)3-15(9)20-13/h1-2,4,7-8,12,14,17-19H,3,5H2. The van der Waals surface area contributed by atoms with E-state index < -0.39 is 11.7 Å². The minimum Gasteiger partial charge on any atom is -0.508 e. The number of nitrogens with zero attached hydrogens (tertiary/aromatic N) is 1. The van der Waals surface area contributed by atoms with E-state index in [1.54, 1.807) is 6.07 Å². The SMILES string of the molecule is O=Cc1cc(O)c2c(c1)N1CC3NC3C(O)(O1)C2CO. The lowest BCUT2D eigenvalue weighted by Crippen LogP contribution is -2.59. The molecule has 0 aromatic heterocycles. The van der Waals surface area contributed by atoms with Crippen molar-refractivity contribution in [1.82, 2.24) is 5.32 Å². The molecule has 0 spiro atoms. The third-order valence-electron chi connectivity index (χ3n) is 4.35. The Bertz CT molecular complexity index is 607. The zero-order valence-corrected chi connectivity index (χ0v) is 10.5. The number of carbonyl (C=O) groups excluding carboxylic acids is 1. The predicted molar refractivity (Wildman–Crippen MR) is 67.4 cm³/mol. The van der Waals surface area contributed by atoms with Crippen LogP contribution in [0.15, 0.2) is 12.1 Å². The van der Waals surface area contributed by atoms with Crippen molar-refractivity contribution in [2.24, 2.45) is 0 Å². The number of nitrogens with one attached hydrogen (secondary N) is 1. The number of hydrogen-bond acceptors (Lipinski definition) is 7. The summed E-state index contributed by atoms with van der Waals surface area (Å²) in [6.45, 7) is 0.149. The topological polar surface area (TPSA) is 112 Å². The molecule has 0 saturated carbocycles. The number of benzene rings is 1. The summed E-state index contributed by atoms with van der Waals surface area (Å²) in [6.07, 6.45) is 0.636. The van der Waals surface area contributed by atoms with E-state index in [-0.39, 0.29) is 24.4 Å². The van der Waals surface area contributed by atoms with Gasteiger partial charge in [0.2, 0.25) is 5.79 Å². The fourth-order valence-electron chi connectivity index (χ4n) is 3.32. The van der Waals surface area contributed by atoms with Gasteiger partial charge >= 0.3 is 0 Å². The predicted octanol–water partition coefficient (Wildman–Crippen LogP) is -0.925. The van der Waals surface area contributed by atoms with Crippen LogP contribution in [0, 0.1) is 0 Å². The van der Waals surface area contributed by atoms with Crippen LogP contribution >= 0.6 is 0 Å². The first-order chi connectivity index (χ1) is 9.58. The van der Waals surface area contributed by atoms with E-state index in [2.05, 4.69) is 5.32 Å². The Balaban J connectivity index is 1.94. The Labute approximate surface area is 114 Å². The second-order valence-electron chi connectivity index (χ2n) is 5.48. The van der Waals surface area contributed by atoms with E-state index in [1.165, 1.54) is 11.1 Å². The Morgan fingerprint density at radius 1 is 1.55 bits per heavy atom. The van der Waals surface area contributed by atoms with Gasteiger partial charge in [0.05, 0.1) is 30.8 Å². The van der Waals surface area contributed by atoms with Gasteiger partial charge in [-0.25, -0.2) is 9.90 Å². The third kappa shape index (κ3) is 1.35. The molecule has 0 amide bonds. The summed E-state index contributed by atoms with van der Waals surface area (Å²) in [6, 6.07) is 2.75. The van der Waals surface area contributed by atoms with Crippen molar-refractivity contribution in [3.63, 3.8) is 0 Å². The van der Waals surface area contributed by atoms with Crippen LogP contribution in [0.3, 0.4) is 0 Å². The highest BCUT2D eigenvalue weighted by atomic mass is 16.8. The number of phenolic OH excluding ortho intramolecular Hbond substituents is 1. The van der Waals surface area contributed by atoms with Gasteiger partial charge in [0.1, 0.15) is 12.0 Å². The normalized spacial score (nSPS) is 37.1. The van der Waals surface area contributed by atoms with Crippen LogP contribution in [0.1, 0.15) is 21.8 Å². The quantitative estimate of drug-likeness (QED) is 0.408. The Morgan fingerprint density at radius 3 is 3.05 bits per heavy atom. The van der Waals surface area contributed by atoms with E-state index in [4.69, 9.17) is 4.84 Å². The van der Waals surface area contributed by atoms with E-state index in [1.807, 2.05) is 0 Å². The molecular formula is C13H14N2O5. The molecule has 106 valence electrons. The first-order valence-electron chi connectivity index (χ1n) is 6.46. The van der Waals surface area contributed by atoms with Gasteiger partial charge < -0.3 is 20.6 Å². The van der Waals surface area contributed by atoms with Crippen molar-refractivity contribution in [2.75, 3.05) is 18.2 Å². The molecule has 1 aromatic rings. The molecule has 0 aliphatic carbocycles. The number of phenols is 1. The summed E-state index contributed by atoms with van der Waals surface area (Å²) in [5, 5.41) is 35.1. The molecule has 20 heavy (non-hydrogen) atoms. The summed E-state index contributed by atoms with van der Waals surface area (Å²) in [5.41, 5.74) is 1.25. The number of aldehydes is 1. The molecular weight excluding hydrogens is 264 g/mol. The second-order valence-corrected chi connectivity index (χ2v) is 5.48. The zero-order chi connectivity index (χ0) is 14.1. The van der Waals surface area contributed by atoms with Gasteiger partial charge in [-0.3, -0.25) is 4.79 Å². The number of rotatable bonds is 2. The van der Waals surface area contributed by atoms with Crippen molar-refractivity contribution in [1.29, 1.82) is 0 Å². The lowest BCUT2D eigenvalue weighted by atomic mass is 9.83. The summed E-state index contributed by atoms with van der Waals surface area (Å²) < 4.78 is 0. The Kier molecular flexibility index (Phi) is 2.24. The minimum atomic E-state index is -1.58. The van der Waals surface area contributed by atoms with Crippen LogP contribution in [0.5, 0.6) is 5.75 Å². The lowest BCUT2D eigenvalue weighted by Gasteiger charge is -2.47. The molecule has 3 aliphatic heterocycles. The van der Waals surface area contributed by atoms with Crippen LogP contribution in [-0.4, -0.2) is 52.6 Å². The van der Waals surface area contributed by atoms with Crippen molar-refractivity contribution in [3.05, 3.63) is 23.3 Å². The van der Waals surface area contributed by atoms with Crippen LogP contribution in [0.4, 0.5) is 5.69 Å². The summed E-state index contributed by atoms with van der Waals surface area (Å²) >= 11 is 0. The molecule has 3 heterocycles. The van der Waals surface area contributed by atoms with Crippen molar-refractivity contribution >= 4 is 12.0 Å². The summed E-state index contributed by atoms with van der Waals surface area (Å²) in [7, 11) is 0. The first-order valence-corrected chi connectivity index (χ1v) is 6.46. The number of aliphatic hydroxyl groups excluding tert-OH is 1. The number of carbonyl (C=O) groups is 1. The molecule has 2 bridgehead atoms. The molecule has 3 aliphatic rings. The number of hydroxylamine groups is 1. The highest BCUT2D eigenvalue weighted by Gasteiger charge is 2.65. The number of aliphatic hydroxyl groups is 2. The van der Waals surface area contributed by atoms with E-state index >= 15 is 0 Å². The van der Waals surface area contributed by atoms with Gasteiger partial charge in [0.15, 0.2) is 0 Å². The van der Waals surface area contributed by atoms with Crippen molar-refractivity contribution < 1.29 is 25.0 Å². The fourth-order valence-corrected chi connectivity index (χ4v) is 3.32. The van der Waals surface area contributed by atoms with Crippen molar-refractivity contribution in [3.8, 4) is 5.75 Å². The lowest BCUT2D eigenvalue weighted by molar-refractivity contribution is -0.247. The smallest absolute Gasteiger partial charge is 0.218 e. The molecule has 2 saturated heterocycles. The highest BCUT2D eigenvalue weighted by Crippen LogP contribution is 2.52. The maximum absolute atomic E-state index is 10.9. The minimum absolute atomic E-state index is 0.0815. The largest absolute Gasteiger partial charge is 0.508 e. The molecule has 1 aromatic carbocycles. The number of hydrogen-bond donors (Lipinski definition) is 4. The van der Waals surface area contributed by atoms with Crippen LogP contribution in [0.25, 0.3) is 0 Å². The average molecular weight is 278 g/mol. The third-order valence-corrected chi connectivity index (χ3v) is 4.35.